The number of unbranched alkanes of at least 4 members (excludes halogenated alkanes) is 12. The van der Waals surface area contributed by atoms with Crippen molar-refractivity contribution in [1.29, 1.82) is 0 Å². The van der Waals surface area contributed by atoms with Crippen LogP contribution in [0, 0.1) is 0 Å². The van der Waals surface area contributed by atoms with Crippen LogP contribution in [0.15, 0.2) is 0 Å². The zero-order valence-electron chi connectivity index (χ0n) is 33.6. The van der Waals surface area contributed by atoms with E-state index in [2.05, 4.69) is 0 Å². The van der Waals surface area contributed by atoms with Crippen LogP contribution < -0.4 is 0 Å². The molecular formula is C40H80O14. The lowest BCUT2D eigenvalue weighted by atomic mass is 10.2. The minimum Gasteiger partial charge on any atom is -0.396 e. The van der Waals surface area contributed by atoms with Crippen LogP contribution in [0.2, 0.25) is 0 Å². The third-order valence-corrected chi connectivity index (χ3v) is 8.98. The summed E-state index contributed by atoms with van der Waals surface area (Å²) in [6.07, 6.45) is 13.3. The number of hydrogen-bond donors (Lipinski definition) is 4. The predicted molar refractivity (Wildman–Crippen MR) is 206 cm³/mol. The third-order valence-electron chi connectivity index (χ3n) is 8.98. The second-order valence-corrected chi connectivity index (χ2v) is 13.7. The van der Waals surface area contributed by atoms with Crippen LogP contribution >= 0.6 is 0 Å². The van der Waals surface area contributed by atoms with Gasteiger partial charge >= 0.3 is 0 Å². The highest BCUT2D eigenvalue weighted by molar-refractivity contribution is 4.73. The van der Waals surface area contributed by atoms with Crippen LogP contribution in [0.4, 0.5) is 0 Å². The van der Waals surface area contributed by atoms with E-state index in [-0.39, 0.29) is 50.8 Å². The van der Waals surface area contributed by atoms with Gasteiger partial charge in [0.05, 0.1) is 79.3 Å². The molecule has 14 heteroatoms. The maximum Gasteiger partial charge on any atom is 0.109 e. The molecule has 0 spiro atoms. The fraction of sp³-hybridized carbons (Fsp3) is 1.00. The molecule has 0 aliphatic carbocycles. The van der Waals surface area contributed by atoms with E-state index in [0.29, 0.717) is 106 Å². The van der Waals surface area contributed by atoms with Crippen molar-refractivity contribution in [2.45, 2.75) is 127 Å². The summed E-state index contributed by atoms with van der Waals surface area (Å²) in [5.41, 5.74) is 0. The molecule has 1 aliphatic rings. The zero-order valence-corrected chi connectivity index (χ0v) is 33.6. The fourth-order valence-corrected chi connectivity index (χ4v) is 5.76. The Kier molecular flexibility index (Phi) is 40.1. The lowest BCUT2D eigenvalue weighted by Gasteiger charge is -2.29. The second-order valence-electron chi connectivity index (χ2n) is 13.7. The average Bonchev–Trinajstić information content (AvgIpc) is 3.18. The third kappa shape index (κ3) is 32.5. The van der Waals surface area contributed by atoms with E-state index in [4.69, 9.17) is 67.8 Å². The van der Waals surface area contributed by atoms with Gasteiger partial charge in [0.15, 0.2) is 0 Å². The molecule has 0 aromatic rings. The van der Waals surface area contributed by atoms with Crippen molar-refractivity contribution < 1.29 is 67.8 Å². The van der Waals surface area contributed by atoms with Gasteiger partial charge in [-0.3, -0.25) is 0 Å². The SMILES string of the molecule is OCCCCCCOC[C@H]1OCCOCCO[C@H](COCCCCCCO)[C@@H](COCCCCCCO)OCCOCCO[C@@H]1COCCCCCCO. The number of hydrogen-bond acceptors (Lipinski definition) is 14. The number of aliphatic hydroxyl groups excluding tert-OH is 4. The van der Waals surface area contributed by atoms with Gasteiger partial charge in [-0.25, -0.2) is 0 Å². The Balaban J connectivity index is 2.81. The molecule has 0 bridgehead atoms. The molecule has 0 aromatic carbocycles. The molecule has 54 heavy (non-hydrogen) atoms. The first-order valence-corrected chi connectivity index (χ1v) is 21.1. The first-order chi connectivity index (χ1) is 26.8. The molecule has 324 valence electrons. The Morgan fingerprint density at radius 1 is 0.296 bits per heavy atom. The van der Waals surface area contributed by atoms with Crippen molar-refractivity contribution in [3.63, 3.8) is 0 Å². The van der Waals surface area contributed by atoms with Crippen molar-refractivity contribution in [3.8, 4) is 0 Å². The molecule has 14 nitrogen and oxygen atoms in total. The van der Waals surface area contributed by atoms with Crippen LogP contribution in [0.1, 0.15) is 103 Å². The molecule has 0 unspecified atom stereocenters. The molecule has 0 amide bonds. The van der Waals surface area contributed by atoms with E-state index in [1.807, 2.05) is 0 Å². The molecule has 4 N–H and O–H groups in total. The number of ether oxygens (including phenoxy) is 10. The summed E-state index contributed by atoms with van der Waals surface area (Å²) in [4.78, 5) is 0. The normalized spacial score (nSPS) is 21.6. The van der Waals surface area contributed by atoms with Gasteiger partial charge in [-0.2, -0.15) is 0 Å². The standard InChI is InChI=1S/C40H80O14/c41-17-9-1-5-13-21-47-33-37-38(34-48-22-14-6-2-10-18-42)52-30-26-46-28-32-54-40(36-50-24-16-8-4-12-20-44)39(53-31-27-45-25-29-51-37)35-49-23-15-7-3-11-19-43/h37-44H,1-36H2/t37-,38-,39-,40-/m1/s1. The van der Waals surface area contributed by atoms with Crippen molar-refractivity contribution in [2.24, 2.45) is 0 Å². The van der Waals surface area contributed by atoms with Gasteiger partial charge in [0, 0.05) is 52.9 Å². The van der Waals surface area contributed by atoms with E-state index in [1.165, 1.54) is 0 Å². The minimum absolute atomic E-state index is 0.216. The quantitative estimate of drug-likeness (QED) is 0.0725. The molecule has 4 atom stereocenters. The van der Waals surface area contributed by atoms with E-state index >= 15 is 0 Å². The highest BCUT2D eigenvalue weighted by Crippen LogP contribution is 2.12. The summed E-state index contributed by atoms with van der Waals surface area (Å²) >= 11 is 0. The molecule has 0 radical (unpaired) electrons. The summed E-state index contributed by atoms with van der Waals surface area (Å²) in [5, 5.41) is 36.2. The monoisotopic (exact) mass is 785 g/mol. The van der Waals surface area contributed by atoms with Gasteiger partial charge in [-0.1, -0.05) is 51.4 Å². The van der Waals surface area contributed by atoms with Crippen molar-refractivity contribution in [1.82, 2.24) is 0 Å². The number of rotatable bonds is 32. The van der Waals surface area contributed by atoms with Gasteiger partial charge in [0.1, 0.15) is 24.4 Å². The maximum absolute atomic E-state index is 9.05. The van der Waals surface area contributed by atoms with Gasteiger partial charge in [0.2, 0.25) is 0 Å². The lowest BCUT2D eigenvalue weighted by molar-refractivity contribution is -0.153. The Labute approximate surface area is 326 Å². The molecule has 1 saturated heterocycles. The maximum atomic E-state index is 9.05. The first kappa shape index (κ1) is 51.5. The highest BCUT2D eigenvalue weighted by atomic mass is 16.6. The van der Waals surface area contributed by atoms with E-state index in [1.54, 1.807) is 0 Å². The Bertz CT molecular complexity index is 610. The largest absolute Gasteiger partial charge is 0.396 e. The van der Waals surface area contributed by atoms with E-state index < -0.39 is 0 Å². The Hall–Kier alpha value is -0.560. The van der Waals surface area contributed by atoms with Crippen LogP contribution in [-0.4, -0.2) is 177 Å². The summed E-state index contributed by atoms with van der Waals surface area (Å²) in [5.74, 6) is 0. The van der Waals surface area contributed by atoms with E-state index in [9.17, 15) is 0 Å². The smallest absolute Gasteiger partial charge is 0.109 e. The minimum atomic E-state index is -0.362. The molecule has 1 heterocycles. The summed E-state index contributed by atoms with van der Waals surface area (Å²) < 4.78 is 61.2. The first-order valence-electron chi connectivity index (χ1n) is 21.1. The van der Waals surface area contributed by atoms with Crippen LogP contribution in [-0.2, 0) is 47.4 Å². The summed E-state index contributed by atoms with van der Waals surface area (Å²) in [6.45, 7) is 7.60. The second kappa shape index (κ2) is 42.1. The molecule has 1 fully saturated rings. The fourth-order valence-electron chi connectivity index (χ4n) is 5.76. The van der Waals surface area contributed by atoms with Crippen LogP contribution in [0.3, 0.4) is 0 Å². The van der Waals surface area contributed by atoms with Gasteiger partial charge in [-0.15, -0.1) is 0 Å². The van der Waals surface area contributed by atoms with Crippen LogP contribution in [0.25, 0.3) is 0 Å². The van der Waals surface area contributed by atoms with Gasteiger partial charge in [-0.05, 0) is 51.4 Å². The van der Waals surface area contributed by atoms with Crippen molar-refractivity contribution in [2.75, 3.05) is 132 Å². The molecule has 0 saturated carbocycles. The zero-order chi connectivity index (χ0) is 38.8. The Morgan fingerprint density at radius 2 is 0.519 bits per heavy atom. The Morgan fingerprint density at radius 3 is 0.741 bits per heavy atom. The molecule has 1 rings (SSSR count). The molecule has 0 aromatic heterocycles. The molecule has 1 aliphatic heterocycles. The molecular weight excluding hydrogens is 704 g/mol. The highest BCUT2D eigenvalue weighted by Gasteiger charge is 2.26. The average molecular weight is 785 g/mol. The van der Waals surface area contributed by atoms with Gasteiger partial charge in [0.25, 0.3) is 0 Å². The van der Waals surface area contributed by atoms with Crippen LogP contribution in [0.5, 0.6) is 0 Å². The van der Waals surface area contributed by atoms with Crippen molar-refractivity contribution in [3.05, 3.63) is 0 Å². The summed E-state index contributed by atoms with van der Waals surface area (Å²) in [7, 11) is 0. The predicted octanol–water partition coefficient (Wildman–Crippen LogP) is 3.85. The topological polar surface area (TPSA) is 173 Å². The lowest BCUT2D eigenvalue weighted by Crippen LogP contribution is -2.41. The van der Waals surface area contributed by atoms with Gasteiger partial charge < -0.3 is 67.8 Å². The summed E-state index contributed by atoms with van der Waals surface area (Å²) in [6, 6.07) is 0. The van der Waals surface area contributed by atoms with E-state index in [0.717, 1.165) is 103 Å². The van der Waals surface area contributed by atoms with Crippen molar-refractivity contribution >= 4 is 0 Å². The number of aliphatic hydroxyl groups is 4.